The lowest BCUT2D eigenvalue weighted by atomic mass is 9.97. The lowest BCUT2D eigenvalue weighted by Gasteiger charge is -2.20. The summed E-state index contributed by atoms with van der Waals surface area (Å²) in [4.78, 5) is 13.7. The van der Waals surface area contributed by atoms with Gasteiger partial charge in [-0.05, 0) is 83.0 Å². The van der Waals surface area contributed by atoms with Crippen molar-refractivity contribution in [2.75, 3.05) is 6.79 Å². The minimum absolute atomic E-state index is 0.0738. The molecule has 38 heavy (non-hydrogen) atoms. The van der Waals surface area contributed by atoms with Crippen molar-refractivity contribution in [3.63, 3.8) is 0 Å². The number of ketones is 1. The highest BCUT2D eigenvalue weighted by molar-refractivity contribution is 6.18. The van der Waals surface area contributed by atoms with Gasteiger partial charge in [0.25, 0.3) is 0 Å². The van der Waals surface area contributed by atoms with Gasteiger partial charge in [-0.3, -0.25) is 4.79 Å². The van der Waals surface area contributed by atoms with Crippen LogP contribution in [0.2, 0.25) is 0 Å². The first-order chi connectivity index (χ1) is 18.2. The quantitative estimate of drug-likeness (QED) is 0.297. The molecule has 0 saturated heterocycles. The van der Waals surface area contributed by atoms with E-state index in [9.17, 15) is 4.79 Å². The van der Waals surface area contributed by atoms with E-state index in [1.54, 1.807) is 12.1 Å². The summed E-state index contributed by atoms with van der Waals surface area (Å²) in [7, 11) is 0. The molecule has 0 amide bonds. The first-order valence-electron chi connectivity index (χ1n) is 12.8. The van der Waals surface area contributed by atoms with E-state index in [1.165, 1.54) is 0 Å². The van der Waals surface area contributed by atoms with Crippen LogP contribution in [0.25, 0.3) is 17.2 Å². The van der Waals surface area contributed by atoms with Gasteiger partial charge in [0.2, 0.25) is 12.6 Å². The van der Waals surface area contributed by atoms with Gasteiger partial charge in [0.15, 0.2) is 23.0 Å². The summed E-state index contributed by atoms with van der Waals surface area (Å²) in [6.45, 7) is 11.8. The molecule has 7 heteroatoms. The van der Waals surface area contributed by atoms with Crippen molar-refractivity contribution in [2.24, 2.45) is 0 Å². The normalized spacial score (nSPS) is 14.9. The van der Waals surface area contributed by atoms with Gasteiger partial charge < -0.3 is 28.4 Å². The number of hydrogen-bond donors (Lipinski definition) is 0. The third-order valence-electron chi connectivity index (χ3n) is 5.81. The topological polar surface area (TPSA) is 72.5 Å². The SMILES string of the molecule is CC(C)Oc1ccc(/C=C2\Oc3c(c(OC(C)C)cc(OC(C)C)c3-c3ccc4c(c3)OCO4)C2=O)cc1. The van der Waals surface area contributed by atoms with E-state index < -0.39 is 0 Å². The van der Waals surface area contributed by atoms with E-state index in [0.29, 0.717) is 39.9 Å². The minimum atomic E-state index is -0.253. The fourth-order valence-electron chi connectivity index (χ4n) is 4.39. The smallest absolute Gasteiger partial charge is 0.235 e. The van der Waals surface area contributed by atoms with Crippen LogP contribution in [0.3, 0.4) is 0 Å². The molecule has 2 aliphatic heterocycles. The zero-order chi connectivity index (χ0) is 27.0. The Labute approximate surface area is 222 Å². The Hall–Kier alpha value is -4.13. The number of carbonyl (C=O) groups excluding carboxylic acids is 1. The molecule has 0 radical (unpaired) electrons. The number of allylic oxidation sites excluding steroid dienone is 1. The molecule has 0 bridgehead atoms. The van der Waals surface area contributed by atoms with Gasteiger partial charge in [-0.25, -0.2) is 0 Å². The van der Waals surface area contributed by atoms with Gasteiger partial charge in [0, 0.05) is 6.07 Å². The van der Waals surface area contributed by atoms with Crippen LogP contribution in [0.5, 0.6) is 34.5 Å². The summed E-state index contributed by atoms with van der Waals surface area (Å²) in [6.07, 6.45) is 1.53. The van der Waals surface area contributed by atoms with Crippen LogP contribution in [-0.2, 0) is 0 Å². The molecule has 3 aromatic carbocycles. The zero-order valence-electron chi connectivity index (χ0n) is 22.5. The summed E-state index contributed by atoms with van der Waals surface area (Å²) in [6, 6.07) is 14.9. The van der Waals surface area contributed by atoms with Gasteiger partial charge >= 0.3 is 0 Å². The summed E-state index contributed by atoms with van der Waals surface area (Å²) in [5, 5.41) is 0. The van der Waals surface area contributed by atoms with Crippen molar-refractivity contribution < 1.29 is 33.2 Å². The monoisotopic (exact) mass is 516 g/mol. The van der Waals surface area contributed by atoms with Crippen LogP contribution in [-0.4, -0.2) is 30.9 Å². The van der Waals surface area contributed by atoms with Crippen molar-refractivity contribution in [1.29, 1.82) is 0 Å². The van der Waals surface area contributed by atoms with Crippen molar-refractivity contribution >= 4 is 11.9 Å². The Morgan fingerprint density at radius 3 is 2.03 bits per heavy atom. The number of benzene rings is 3. The van der Waals surface area contributed by atoms with E-state index in [0.717, 1.165) is 16.9 Å². The number of Topliss-reactive ketones (excluding diaryl/α,β-unsaturated/α-hetero) is 1. The summed E-state index contributed by atoms with van der Waals surface area (Å²) < 4.78 is 35.5. The second kappa shape index (κ2) is 10.3. The van der Waals surface area contributed by atoms with E-state index in [2.05, 4.69) is 0 Å². The number of hydrogen-bond acceptors (Lipinski definition) is 7. The zero-order valence-corrected chi connectivity index (χ0v) is 22.5. The molecule has 2 aliphatic rings. The molecule has 5 rings (SSSR count). The third-order valence-corrected chi connectivity index (χ3v) is 5.81. The molecule has 0 saturated carbocycles. The maximum atomic E-state index is 13.7. The highest BCUT2D eigenvalue weighted by atomic mass is 16.7. The first-order valence-corrected chi connectivity index (χ1v) is 12.8. The molecule has 0 aliphatic carbocycles. The molecule has 3 aromatic rings. The van der Waals surface area contributed by atoms with Crippen molar-refractivity contribution in [3.8, 4) is 45.6 Å². The van der Waals surface area contributed by atoms with Gasteiger partial charge in [-0.15, -0.1) is 0 Å². The molecule has 0 atom stereocenters. The lowest BCUT2D eigenvalue weighted by molar-refractivity contribution is 0.101. The molecule has 0 unspecified atom stereocenters. The molecule has 2 heterocycles. The average molecular weight is 517 g/mol. The molecule has 0 spiro atoms. The molecule has 198 valence electrons. The van der Waals surface area contributed by atoms with Crippen LogP contribution >= 0.6 is 0 Å². The highest BCUT2D eigenvalue weighted by Gasteiger charge is 2.37. The minimum Gasteiger partial charge on any atom is -0.491 e. The number of ether oxygens (including phenoxy) is 6. The summed E-state index contributed by atoms with van der Waals surface area (Å²) in [5.74, 6) is 3.37. The lowest BCUT2D eigenvalue weighted by Crippen LogP contribution is -2.11. The van der Waals surface area contributed by atoms with E-state index in [1.807, 2.05) is 84.0 Å². The Kier molecular flexibility index (Phi) is 6.93. The van der Waals surface area contributed by atoms with Gasteiger partial charge in [0.1, 0.15) is 22.8 Å². The van der Waals surface area contributed by atoms with Crippen LogP contribution in [0.15, 0.2) is 54.3 Å². The predicted molar refractivity (Wildman–Crippen MR) is 145 cm³/mol. The maximum absolute atomic E-state index is 13.7. The Balaban J connectivity index is 1.63. The molecular weight excluding hydrogens is 484 g/mol. The predicted octanol–water partition coefficient (Wildman–Crippen LogP) is 7.06. The summed E-state index contributed by atoms with van der Waals surface area (Å²) in [5.41, 5.74) is 2.61. The second-order valence-electron chi connectivity index (χ2n) is 10.0. The van der Waals surface area contributed by atoms with Gasteiger partial charge in [-0.2, -0.15) is 0 Å². The van der Waals surface area contributed by atoms with Gasteiger partial charge in [-0.1, -0.05) is 18.2 Å². The fourth-order valence-corrected chi connectivity index (χ4v) is 4.39. The standard InChI is InChI=1S/C31H32O7/c1-17(2)35-22-10-7-20(8-11-22)13-27-30(32)29-26(37-19(5)6)15-25(36-18(3)4)28(31(29)38-27)21-9-12-23-24(14-21)34-16-33-23/h7-15,17-19H,16H2,1-6H3/b27-13-. The Morgan fingerprint density at radius 1 is 0.737 bits per heavy atom. The third kappa shape index (κ3) is 5.14. The van der Waals surface area contributed by atoms with Crippen LogP contribution in [0.4, 0.5) is 0 Å². The molecule has 7 nitrogen and oxygen atoms in total. The van der Waals surface area contributed by atoms with Crippen LogP contribution < -0.4 is 28.4 Å². The highest BCUT2D eigenvalue weighted by Crippen LogP contribution is 2.52. The molecule has 0 fully saturated rings. The van der Waals surface area contributed by atoms with Crippen molar-refractivity contribution in [3.05, 3.63) is 65.4 Å². The number of rotatable bonds is 8. The van der Waals surface area contributed by atoms with E-state index in [4.69, 9.17) is 28.4 Å². The molecule has 0 aromatic heterocycles. The van der Waals surface area contributed by atoms with Crippen molar-refractivity contribution in [2.45, 2.75) is 59.9 Å². The second-order valence-corrected chi connectivity index (χ2v) is 10.0. The first kappa shape index (κ1) is 25.5. The van der Waals surface area contributed by atoms with Crippen molar-refractivity contribution in [1.82, 2.24) is 0 Å². The van der Waals surface area contributed by atoms with E-state index >= 15 is 0 Å². The van der Waals surface area contributed by atoms with Gasteiger partial charge in [0.05, 0.1) is 23.9 Å². The number of carbonyl (C=O) groups is 1. The summed E-state index contributed by atoms with van der Waals surface area (Å²) >= 11 is 0. The average Bonchev–Trinajstić information content (AvgIpc) is 3.43. The Bertz CT molecular complexity index is 1380. The van der Waals surface area contributed by atoms with Crippen LogP contribution in [0, 0.1) is 0 Å². The Morgan fingerprint density at radius 2 is 1.37 bits per heavy atom. The maximum Gasteiger partial charge on any atom is 0.235 e. The fraction of sp³-hybridized carbons (Fsp3) is 0.323. The van der Waals surface area contributed by atoms with Crippen LogP contribution in [0.1, 0.15) is 57.5 Å². The molecular formula is C31H32O7. The van der Waals surface area contributed by atoms with E-state index in [-0.39, 0.29) is 36.6 Å². The molecule has 0 N–H and O–H groups in total. The number of fused-ring (bicyclic) bond motifs is 2. The largest absolute Gasteiger partial charge is 0.491 e.